The van der Waals surface area contributed by atoms with E-state index < -0.39 is 5.97 Å². The summed E-state index contributed by atoms with van der Waals surface area (Å²) in [6, 6.07) is 13.8. The number of halogens is 6. The second kappa shape index (κ2) is 16.4. The van der Waals surface area contributed by atoms with E-state index in [1.54, 1.807) is 36.4 Å². The topological polar surface area (TPSA) is 77.5 Å². The molecule has 0 spiro atoms. The Morgan fingerprint density at radius 1 is 0.895 bits per heavy atom. The summed E-state index contributed by atoms with van der Waals surface area (Å²) < 4.78 is 9.46. The Balaban J connectivity index is 0.000000361. The Labute approximate surface area is 254 Å². The van der Waals surface area contributed by atoms with Gasteiger partial charge in [0.1, 0.15) is 0 Å². The van der Waals surface area contributed by atoms with E-state index >= 15 is 0 Å². The van der Waals surface area contributed by atoms with Crippen LogP contribution in [0.4, 0.5) is 0 Å². The van der Waals surface area contributed by atoms with Crippen LogP contribution in [0.5, 0.6) is 0 Å². The number of hydrogen-bond acceptors (Lipinski definition) is 6. The zero-order chi connectivity index (χ0) is 26.2. The van der Waals surface area contributed by atoms with Crippen LogP contribution in [0, 0.1) is 5.92 Å². The molecule has 1 fully saturated rings. The SMILES string of the molecule is COC(=O)C1CCNC(c2ccc(Cl)cc2Cl)C1.COC(=O)c1ccnc(-c2ccc(Cl)cc2Cl)c1.Cl.Cl. The summed E-state index contributed by atoms with van der Waals surface area (Å²) in [6.07, 6.45) is 3.04. The first-order valence-corrected chi connectivity index (χ1v) is 12.5. The Kier molecular flexibility index (Phi) is 14.7. The number of aromatic nitrogens is 1. The second-order valence-corrected chi connectivity index (χ2v) is 9.65. The molecule has 6 nitrogen and oxygen atoms in total. The third-order valence-corrected chi connectivity index (χ3v) is 6.77. The fraction of sp³-hybridized carbons (Fsp3) is 0.269. The van der Waals surface area contributed by atoms with Crippen LogP contribution >= 0.6 is 71.2 Å². The molecule has 0 bridgehead atoms. The number of piperidine rings is 1. The first-order valence-electron chi connectivity index (χ1n) is 11.0. The van der Waals surface area contributed by atoms with Crippen molar-refractivity contribution in [1.29, 1.82) is 0 Å². The number of pyridine rings is 1. The molecule has 0 amide bonds. The molecule has 0 radical (unpaired) electrons. The largest absolute Gasteiger partial charge is 0.469 e. The summed E-state index contributed by atoms with van der Waals surface area (Å²) in [5, 5.41) is 5.65. The average Bonchev–Trinajstić information content (AvgIpc) is 2.88. The van der Waals surface area contributed by atoms with Crippen LogP contribution in [0.25, 0.3) is 11.3 Å². The van der Waals surface area contributed by atoms with E-state index in [0.717, 1.165) is 18.5 Å². The predicted molar refractivity (Wildman–Crippen MR) is 157 cm³/mol. The van der Waals surface area contributed by atoms with Crippen molar-refractivity contribution in [1.82, 2.24) is 10.3 Å². The van der Waals surface area contributed by atoms with Crippen molar-refractivity contribution in [3.05, 3.63) is 85.9 Å². The molecule has 2 aromatic carbocycles. The zero-order valence-corrected chi connectivity index (χ0v) is 25.0. The number of carbonyl (C=O) groups excluding carboxylic acids is 2. The maximum atomic E-state index is 11.6. The van der Waals surface area contributed by atoms with Crippen molar-refractivity contribution in [2.75, 3.05) is 20.8 Å². The van der Waals surface area contributed by atoms with Gasteiger partial charge in [0.15, 0.2) is 0 Å². The molecule has 206 valence electrons. The molecule has 2 heterocycles. The lowest BCUT2D eigenvalue weighted by Gasteiger charge is -2.29. The fourth-order valence-corrected chi connectivity index (χ4v) is 4.88. The summed E-state index contributed by atoms with van der Waals surface area (Å²) in [7, 11) is 2.76. The van der Waals surface area contributed by atoms with E-state index in [2.05, 4.69) is 15.0 Å². The number of benzene rings is 2. The van der Waals surface area contributed by atoms with Crippen LogP contribution in [0.1, 0.15) is 34.8 Å². The highest BCUT2D eigenvalue weighted by Gasteiger charge is 2.29. The Hall–Kier alpha value is -1.77. The summed E-state index contributed by atoms with van der Waals surface area (Å²) in [5.74, 6) is -0.622. The Morgan fingerprint density at radius 3 is 2.16 bits per heavy atom. The molecule has 1 N–H and O–H groups in total. The minimum Gasteiger partial charge on any atom is -0.469 e. The Morgan fingerprint density at radius 2 is 1.55 bits per heavy atom. The molecule has 12 heteroatoms. The minimum absolute atomic E-state index is 0. The van der Waals surface area contributed by atoms with Crippen LogP contribution in [0.15, 0.2) is 54.7 Å². The fourth-order valence-electron chi connectivity index (χ4n) is 3.84. The number of nitrogens with one attached hydrogen (secondary N) is 1. The number of rotatable bonds is 4. The van der Waals surface area contributed by atoms with E-state index in [4.69, 9.17) is 51.1 Å². The standard InChI is InChI=1S/C13H15Cl2NO2.C13H9Cl2NO2.2ClH/c2*1-18-13(17)8-4-5-16-12(6-8)10-3-2-9(14)7-11(10)15;;/h2-3,7-8,12,16H,4-6H2,1H3;2-7H,1H3;2*1H. The average molecular weight is 643 g/mol. The first-order chi connectivity index (χ1) is 17.2. The van der Waals surface area contributed by atoms with Gasteiger partial charge in [-0.25, -0.2) is 4.79 Å². The first kappa shape index (κ1) is 34.3. The third-order valence-electron chi connectivity index (χ3n) is 5.66. The van der Waals surface area contributed by atoms with Crippen LogP contribution in [-0.2, 0) is 14.3 Å². The highest BCUT2D eigenvalue weighted by Crippen LogP contribution is 2.33. The van der Waals surface area contributed by atoms with Gasteiger partial charge in [-0.15, -0.1) is 24.8 Å². The number of esters is 2. The van der Waals surface area contributed by atoms with Gasteiger partial charge in [-0.05, 0) is 67.4 Å². The van der Waals surface area contributed by atoms with Gasteiger partial charge in [-0.2, -0.15) is 0 Å². The molecular formula is C26H26Cl6N2O4. The molecule has 1 aromatic heterocycles. The molecule has 3 aromatic rings. The summed E-state index contributed by atoms with van der Waals surface area (Å²) in [5.41, 5.74) is 2.72. The van der Waals surface area contributed by atoms with Crippen molar-refractivity contribution < 1.29 is 19.1 Å². The molecule has 1 aliphatic heterocycles. The molecular weight excluding hydrogens is 617 g/mol. The van der Waals surface area contributed by atoms with Crippen LogP contribution < -0.4 is 5.32 Å². The monoisotopic (exact) mass is 640 g/mol. The zero-order valence-electron chi connectivity index (χ0n) is 20.4. The normalized spacial score (nSPS) is 16.1. The number of hydrogen-bond donors (Lipinski definition) is 1. The van der Waals surface area contributed by atoms with E-state index in [-0.39, 0.29) is 42.7 Å². The maximum absolute atomic E-state index is 11.6. The lowest BCUT2D eigenvalue weighted by Crippen LogP contribution is -2.35. The minimum atomic E-state index is -0.413. The number of ether oxygens (including phenoxy) is 2. The van der Waals surface area contributed by atoms with Gasteiger partial charge < -0.3 is 14.8 Å². The summed E-state index contributed by atoms with van der Waals surface area (Å²) >= 11 is 24.0. The molecule has 0 aliphatic carbocycles. The van der Waals surface area contributed by atoms with Gasteiger partial charge in [-0.3, -0.25) is 9.78 Å². The third kappa shape index (κ3) is 9.16. The van der Waals surface area contributed by atoms with Crippen LogP contribution in [0.3, 0.4) is 0 Å². The van der Waals surface area contributed by atoms with Gasteiger partial charge >= 0.3 is 11.9 Å². The van der Waals surface area contributed by atoms with Crippen molar-refractivity contribution in [2.45, 2.75) is 18.9 Å². The van der Waals surface area contributed by atoms with Gasteiger partial charge in [0.25, 0.3) is 0 Å². The number of carbonyl (C=O) groups is 2. The van der Waals surface area contributed by atoms with Gasteiger partial charge in [0.2, 0.25) is 0 Å². The van der Waals surface area contributed by atoms with Crippen molar-refractivity contribution >= 4 is 83.2 Å². The number of methoxy groups -OCH3 is 2. The highest BCUT2D eigenvalue weighted by atomic mass is 35.5. The van der Waals surface area contributed by atoms with E-state index in [9.17, 15) is 9.59 Å². The molecule has 2 atom stereocenters. The highest BCUT2D eigenvalue weighted by molar-refractivity contribution is 6.36. The van der Waals surface area contributed by atoms with E-state index in [0.29, 0.717) is 43.3 Å². The van der Waals surface area contributed by atoms with Crippen molar-refractivity contribution in [2.24, 2.45) is 5.92 Å². The van der Waals surface area contributed by atoms with E-state index in [1.165, 1.54) is 20.4 Å². The molecule has 1 aliphatic rings. The molecule has 2 unspecified atom stereocenters. The quantitative estimate of drug-likeness (QED) is 0.292. The Bertz CT molecular complexity index is 1240. The van der Waals surface area contributed by atoms with Gasteiger partial charge in [0.05, 0.1) is 36.4 Å². The molecule has 38 heavy (non-hydrogen) atoms. The second-order valence-electron chi connectivity index (χ2n) is 7.96. The summed E-state index contributed by atoms with van der Waals surface area (Å²) in [4.78, 5) is 27.2. The van der Waals surface area contributed by atoms with E-state index in [1.807, 2.05) is 12.1 Å². The lowest BCUT2D eigenvalue weighted by molar-refractivity contribution is -0.146. The lowest BCUT2D eigenvalue weighted by atomic mass is 9.89. The van der Waals surface area contributed by atoms with Crippen LogP contribution in [-0.4, -0.2) is 37.7 Å². The number of nitrogens with zero attached hydrogens (tertiary/aromatic N) is 1. The van der Waals surface area contributed by atoms with Crippen molar-refractivity contribution in [3.63, 3.8) is 0 Å². The van der Waals surface area contributed by atoms with Gasteiger partial charge in [0, 0.05) is 32.9 Å². The van der Waals surface area contributed by atoms with Crippen molar-refractivity contribution in [3.8, 4) is 11.3 Å². The maximum Gasteiger partial charge on any atom is 0.337 e. The molecule has 1 saturated heterocycles. The smallest absolute Gasteiger partial charge is 0.337 e. The van der Waals surface area contributed by atoms with Gasteiger partial charge in [-0.1, -0.05) is 52.5 Å². The predicted octanol–water partition coefficient (Wildman–Crippen LogP) is 7.89. The molecule has 0 saturated carbocycles. The van der Waals surface area contributed by atoms with Crippen LogP contribution in [0.2, 0.25) is 20.1 Å². The summed E-state index contributed by atoms with van der Waals surface area (Å²) in [6.45, 7) is 0.781. The molecule has 4 rings (SSSR count).